The van der Waals surface area contributed by atoms with Gasteiger partial charge in [-0.25, -0.2) is 9.59 Å². The molecular weight excluding hydrogens is 332 g/mol. The molecule has 136 valence electrons. The van der Waals surface area contributed by atoms with Crippen LogP contribution in [0, 0.1) is 11.3 Å². The first-order valence-corrected chi connectivity index (χ1v) is 8.24. The number of benzene rings is 1. The lowest BCUT2D eigenvalue weighted by Crippen LogP contribution is -2.31. The van der Waals surface area contributed by atoms with E-state index in [0.717, 1.165) is 0 Å². The summed E-state index contributed by atoms with van der Waals surface area (Å²) in [5.74, 6) is -1.70. The van der Waals surface area contributed by atoms with Crippen molar-refractivity contribution in [2.45, 2.75) is 32.8 Å². The molecule has 1 aliphatic heterocycles. The standard InChI is InChI=1S/C20H22N2O4/c1-12(2)26-20(24)17-13(3)22(4)11-16(19(23)25-5)18(17)15-8-6-7-14(9-15)10-21/h6-9,11-12,18H,1-5H3. The predicted molar refractivity (Wildman–Crippen MR) is 95.7 cm³/mol. The number of nitriles is 1. The van der Waals surface area contributed by atoms with Crippen molar-refractivity contribution in [2.75, 3.05) is 14.2 Å². The van der Waals surface area contributed by atoms with Gasteiger partial charge in [-0.3, -0.25) is 0 Å². The van der Waals surface area contributed by atoms with E-state index in [1.165, 1.54) is 7.11 Å². The van der Waals surface area contributed by atoms with Gasteiger partial charge in [0, 0.05) is 18.9 Å². The number of carbonyl (C=O) groups is 2. The van der Waals surface area contributed by atoms with Gasteiger partial charge in [-0.05, 0) is 38.5 Å². The van der Waals surface area contributed by atoms with E-state index < -0.39 is 17.9 Å². The van der Waals surface area contributed by atoms with E-state index in [2.05, 4.69) is 6.07 Å². The number of carbonyl (C=O) groups excluding carboxylic acids is 2. The second-order valence-electron chi connectivity index (χ2n) is 6.31. The molecule has 1 aliphatic rings. The molecule has 1 aromatic carbocycles. The summed E-state index contributed by atoms with van der Waals surface area (Å²) >= 11 is 0. The minimum absolute atomic E-state index is 0.299. The first-order valence-electron chi connectivity index (χ1n) is 8.24. The minimum atomic E-state index is -0.668. The molecule has 26 heavy (non-hydrogen) atoms. The molecule has 1 aromatic rings. The van der Waals surface area contributed by atoms with Gasteiger partial charge in [-0.1, -0.05) is 12.1 Å². The molecule has 0 aliphatic carbocycles. The van der Waals surface area contributed by atoms with Gasteiger partial charge in [0.25, 0.3) is 0 Å². The number of nitrogens with zero attached hydrogens (tertiary/aromatic N) is 2. The zero-order valence-corrected chi connectivity index (χ0v) is 15.6. The molecule has 6 heteroatoms. The Hall–Kier alpha value is -3.07. The monoisotopic (exact) mass is 354 g/mol. The number of ether oxygens (including phenoxy) is 2. The van der Waals surface area contributed by atoms with E-state index in [0.29, 0.717) is 28.0 Å². The number of hydrogen-bond donors (Lipinski definition) is 0. The average molecular weight is 354 g/mol. The highest BCUT2D eigenvalue weighted by molar-refractivity contribution is 5.99. The fourth-order valence-electron chi connectivity index (χ4n) is 2.90. The highest BCUT2D eigenvalue weighted by Crippen LogP contribution is 2.39. The molecule has 6 nitrogen and oxygen atoms in total. The van der Waals surface area contributed by atoms with E-state index in [9.17, 15) is 14.9 Å². The summed E-state index contributed by atoms with van der Waals surface area (Å²) < 4.78 is 10.3. The molecule has 2 rings (SSSR count). The summed E-state index contributed by atoms with van der Waals surface area (Å²) in [5, 5.41) is 9.20. The topological polar surface area (TPSA) is 79.6 Å². The lowest BCUT2D eigenvalue weighted by molar-refractivity contribution is -0.143. The maximum atomic E-state index is 12.8. The maximum absolute atomic E-state index is 12.8. The van der Waals surface area contributed by atoms with Crippen molar-refractivity contribution in [3.63, 3.8) is 0 Å². The Bertz CT molecular complexity index is 830. The predicted octanol–water partition coefficient (Wildman–Crippen LogP) is 2.87. The van der Waals surface area contributed by atoms with Gasteiger partial charge in [0.05, 0.1) is 41.9 Å². The molecule has 0 fully saturated rings. The molecule has 0 amide bonds. The zero-order chi connectivity index (χ0) is 19.4. The normalized spacial score (nSPS) is 16.9. The van der Waals surface area contributed by atoms with E-state index in [-0.39, 0.29) is 6.10 Å². The Morgan fingerprint density at radius 1 is 1.27 bits per heavy atom. The molecule has 1 heterocycles. The van der Waals surface area contributed by atoms with Crippen LogP contribution in [0.1, 0.15) is 37.8 Å². The van der Waals surface area contributed by atoms with Crippen molar-refractivity contribution in [1.29, 1.82) is 5.26 Å². The smallest absolute Gasteiger partial charge is 0.337 e. The van der Waals surface area contributed by atoms with Gasteiger partial charge in [0.2, 0.25) is 0 Å². The first kappa shape index (κ1) is 19.3. The molecule has 0 saturated carbocycles. The Labute approximate surface area is 153 Å². The summed E-state index contributed by atoms with van der Waals surface area (Å²) in [5.41, 5.74) is 2.45. The molecule has 0 N–H and O–H groups in total. The lowest BCUT2D eigenvalue weighted by Gasteiger charge is -2.32. The third kappa shape index (κ3) is 3.77. The summed E-state index contributed by atoms with van der Waals surface area (Å²) in [4.78, 5) is 26.9. The van der Waals surface area contributed by atoms with Crippen LogP contribution < -0.4 is 0 Å². The second kappa shape index (κ2) is 7.87. The first-order chi connectivity index (χ1) is 12.3. The second-order valence-corrected chi connectivity index (χ2v) is 6.31. The minimum Gasteiger partial charge on any atom is -0.466 e. The van der Waals surface area contributed by atoms with Gasteiger partial charge in [-0.2, -0.15) is 5.26 Å². The van der Waals surface area contributed by atoms with E-state index >= 15 is 0 Å². The van der Waals surface area contributed by atoms with Crippen LogP contribution in [0.2, 0.25) is 0 Å². The lowest BCUT2D eigenvalue weighted by atomic mass is 9.81. The number of methoxy groups -OCH3 is 1. The van der Waals surface area contributed by atoms with E-state index in [1.54, 1.807) is 63.2 Å². The van der Waals surface area contributed by atoms with Gasteiger partial charge in [0.15, 0.2) is 0 Å². The molecule has 0 spiro atoms. The van der Waals surface area contributed by atoms with Crippen molar-refractivity contribution >= 4 is 11.9 Å². The third-order valence-corrected chi connectivity index (χ3v) is 4.18. The average Bonchev–Trinajstić information content (AvgIpc) is 2.61. The van der Waals surface area contributed by atoms with Crippen LogP contribution in [0.25, 0.3) is 0 Å². The largest absolute Gasteiger partial charge is 0.466 e. The summed E-state index contributed by atoms with van der Waals surface area (Å²) in [7, 11) is 3.05. The summed E-state index contributed by atoms with van der Waals surface area (Å²) in [6.45, 7) is 5.33. The van der Waals surface area contributed by atoms with Crippen molar-refractivity contribution in [3.05, 3.63) is 58.4 Å². The Morgan fingerprint density at radius 2 is 1.96 bits per heavy atom. The fraction of sp³-hybridized carbons (Fsp3) is 0.350. The Morgan fingerprint density at radius 3 is 2.54 bits per heavy atom. The van der Waals surface area contributed by atoms with Crippen LogP contribution in [0.15, 0.2) is 47.3 Å². The van der Waals surface area contributed by atoms with Gasteiger partial charge in [0.1, 0.15) is 0 Å². The molecule has 0 saturated heterocycles. The quantitative estimate of drug-likeness (QED) is 0.774. The van der Waals surface area contributed by atoms with E-state index in [1.807, 2.05) is 0 Å². The molecule has 0 bridgehead atoms. The van der Waals surface area contributed by atoms with Crippen molar-refractivity contribution in [3.8, 4) is 6.07 Å². The number of hydrogen-bond acceptors (Lipinski definition) is 6. The maximum Gasteiger partial charge on any atom is 0.337 e. The van der Waals surface area contributed by atoms with Crippen LogP contribution in [0.3, 0.4) is 0 Å². The molecular formula is C20H22N2O4. The molecule has 1 atom stereocenters. The van der Waals surface area contributed by atoms with Crippen LogP contribution >= 0.6 is 0 Å². The number of rotatable bonds is 4. The zero-order valence-electron chi connectivity index (χ0n) is 15.6. The summed E-state index contributed by atoms with van der Waals surface area (Å²) in [6.07, 6.45) is 1.35. The van der Waals surface area contributed by atoms with Gasteiger partial charge in [-0.15, -0.1) is 0 Å². The van der Waals surface area contributed by atoms with Gasteiger partial charge < -0.3 is 14.4 Å². The Kier molecular flexibility index (Phi) is 5.83. The molecule has 1 unspecified atom stereocenters. The third-order valence-electron chi connectivity index (χ3n) is 4.18. The fourth-order valence-corrected chi connectivity index (χ4v) is 2.90. The van der Waals surface area contributed by atoms with Crippen molar-refractivity contribution < 1.29 is 19.1 Å². The van der Waals surface area contributed by atoms with Crippen molar-refractivity contribution in [1.82, 2.24) is 4.90 Å². The highest BCUT2D eigenvalue weighted by atomic mass is 16.5. The molecule has 0 radical (unpaired) electrons. The SMILES string of the molecule is COC(=O)C1=CN(C)C(C)=C(C(=O)OC(C)C)C1c1cccc(C#N)c1. The van der Waals surface area contributed by atoms with Gasteiger partial charge >= 0.3 is 11.9 Å². The highest BCUT2D eigenvalue weighted by Gasteiger charge is 2.37. The van der Waals surface area contributed by atoms with Crippen LogP contribution in [-0.2, 0) is 19.1 Å². The van der Waals surface area contributed by atoms with E-state index in [4.69, 9.17) is 9.47 Å². The van der Waals surface area contributed by atoms with Crippen molar-refractivity contribution in [2.24, 2.45) is 0 Å². The molecule has 0 aromatic heterocycles. The van der Waals surface area contributed by atoms with Crippen LogP contribution in [0.4, 0.5) is 0 Å². The Balaban J connectivity index is 2.67. The number of esters is 2. The number of allylic oxidation sites excluding steroid dienone is 1. The summed E-state index contributed by atoms with van der Waals surface area (Å²) in [6, 6.07) is 8.93. The van der Waals surface area contributed by atoms with Crippen LogP contribution in [-0.4, -0.2) is 37.1 Å². The van der Waals surface area contributed by atoms with Crippen LogP contribution in [0.5, 0.6) is 0 Å².